The molecule has 0 amide bonds. The maximum absolute atomic E-state index is 10.1. The van der Waals surface area contributed by atoms with E-state index in [-0.39, 0.29) is 0 Å². The number of imidazole rings is 1. The van der Waals surface area contributed by atoms with Crippen LogP contribution < -0.4 is 0 Å². The molecule has 0 aliphatic carbocycles. The topological polar surface area (TPSA) is 61.8 Å². The molecule has 1 heterocycles. The van der Waals surface area contributed by atoms with Gasteiger partial charge in [-0.2, -0.15) is 5.26 Å². The van der Waals surface area contributed by atoms with Crippen LogP contribution in [0, 0.1) is 11.3 Å². The van der Waals surface area contributed by atoms with E-state index in [9.17, 15) is 5.11 Å². The Morgan fingerprint density at radius 3 is 2.56 bits per heavy atom. The van der Waals surface area contributed by atoms with Gasteiger partial charge >= 0.3 is 0 Å². The van der Waals surface area contributed by atoms with Crippen LogP contribution in [0.5, 0.6) is 0 Å². The van der Waals surface area contributed by atoms with E-state index in [0.29, 0.717) is 5.56 Å². The third-order valence-corrected chi connectivity index (χ3v) is 2.49. The van der Waals surface area contributed by atoms with Crippen molar-refractivity contribution in [1.29, 1.82) is 5.26 Å². The summed E-state index contributed by atoms with van der Waals surface area (Å²) in [7, 11) is 1.83. The SMILES string of the molecule is Cn1cncc1[C@H](O)c1ccc(C#N)cc1. The summed E-state index contributed by atoms with van der Waals surface area (Å²) in [5, 5.41) is 18.7. The average Bonchev–Trinajstić information content (AvgIpc) is 2.75. The first-order valence-corrected chi connectivity index (χ1v) is 4.86. The fourth-order valence-electron chi connectivity index (χ4n) is 1.54. The van der Waals surface area contributed by atoms with Crippen LogP contribution in [0.3, 0.4) is 0 Å². The third kappa shape index (κ3) is 1.81. The predicted molar refractivity (Wildman–Crippen MR) is 58.4 cm³/mol. The van der Waals surface area contributed by atoms with Crippen molar-refractivity contribution in [2.45, 2.75) is 6.10 Å². The Morgan fingerprint density at radius 1 is 1.38 bits per heavy atom. The van der Waals surface area contributed by atoms with Crippen molar-refractivity contribution < 1.29 is 5.11 Å². The van der Waals surface area contributed by atoms with E-state index < -0.39 is 6.10 Å². The van der Waals surface area contributed by atoms with Crippen LogP contribution in [0.15, 0.2) is 36.8 Å². The molecule has 0 saturated carbocycles. The highest BCUT2D eigenvalue weighted by Gasteiger charge is 2.13. The molecule has 0 aliphatic heterocycles. The highest BCUT2D eigenvalue weighted by Crippen LogP contribution is 2.21. The van der Waals surface area contributed by atoms with Crippen molar-refractivity contribution in [3.05, 3.63) is 53.6 Å². The van der Waals surface area contributed by atoms with E-state index in [4.69, 9.17) is 5.26 Å². The Morgan fingerprint density at radius 2 is 2.06 bits per heavy atom. The number of aliphatic hydroxyl groups is 1. The first kappa shape index (κ1) is 10.4. The molecule has 0 unspecified atom stereocenters. The van der Waals surface area contributed by atoms with Gasteiger partial charge in [-0.15, -0.1) is 0 Å². The summed E-state index contributed by atoms with van der Waals surface area (Å²) in [6.07, 6.45) is 2.56. The molecule has 0 bridgehead atoms. The van der Waals surface area contributed by atoms with E-state index in [1.54, 1.807) is 41.4 Å². The van der Waals surface area contributed by atoms with Gasteiger partial charge in [-0.25, -0.2) is 4.98 Å². The van der Waals surface area contributed by atoms with Crippen LogP contribution in [0.2, 0.25) is 0 Å². The Kier molecular flexibility index (Phi) is 2.71. The third-order valence-electron chi connectivity index (χ3n) is 2.49. The molecule has 0 aliphatic rings. The van der Waals surface area contributed by atoms with Crippen LogP contribution in [-0.2, 0) is 7.05 Å². The van der Waals surface area contributed by atoms with Crippen molar-refractivity contribution in [2.24, 2.45) is 7.05 Å². The second-order valence-electron chi connectivity index (χ2n) is 3.57. The van der Waals surface area contributed by atoms with Gasteiger partial charge in [0.05, 0.1) is 29.9 Å². The zero-order chi connectivity index (χ0) is 11.5. The summed E-state index contributed by atoms with van der Waals surface area (Å²) >= 11 is 0. The van der Waals surface area contributed by atoms with Gasteiger partial charge in [0, 0.05) is 7.05 Å². The molecule has 1 aromatic carbocycles. The van der Waals surface area contributed by atoms with Crippen LogP contribution in [0.1, 0.15) is 22.9 Å². The van der Waals surface area contributed by atoms with E-state index in [2.05, 4.69) is 4.98 Å². The molecule has 0 radical (unpaired) electrons. The molecule has 1 aromatic heterocycles. The lowest BCUT2D eigenvalue weighted by atomic mass is 10.1. The molecule has 0 fully saturated rings. The second-order valence-corrected chi connectivity index (χ2v) is 3.57. The number of nitriles is 1. The maximum atomic E-state index is 10.1. The maximum Gasteiger partial charge on any atom is 0.121 e. The molecule has 4 heteroatoms. The van der Waals surface area contributed by atoms with Gasteiger partial charge in [-0.1, -0.05) is 12.1 Å². The van der Waals surface area contributed by atoms with Crippen LogP contribution >= 0.6 is 0 Å². The number of aromatic nitrogens is 2. The van der Waals surface area contributed by atoms with Crippen LogP contribution in [-0.4, -0.2) is 14.7 Å². The van der Waals surface area contributed by atoms with Gasteiger partial charge in [-0.05, 0) is 17.7 Å². The molecule has 4 nitrogen and oxygen atoms in total. The molecule has 2 aromatic rings. The molecule has 0 spiro atoms. The Labute approximate surface area is 93.4 Å². The van der Waals surface area contributed by atoms with Crippen molar-refractivity contribution in [3.8, 4) is 6.07 Å². The van der Waals surface area contributed by atoms with Crippen LogP contribution in [0.25, 0.3) is 0 Å². The first-order valence-electron chi connectivity index (χ1n) is 4.86. The quantitative estimate of drug-likeness (QED) is 0.819. The summed E-state index contributed by atoms with van der Waals surface area (Å²) < 4.78 is 1.77. The van der Waals surface area contributed by atoms with Crippen LogP contribution in [0.4, 0.5) is 0 Å². The molecule has 1 N–H and O–H groups in total. The lowest BCUT2D eigenvalue weighted by Crippen LogP contribution is -2.04. The average molecular weight is 213 g/mol. The summed E-state index contributed by atoms with van der Waals surface area (Å²) in [6.45, 7) is 0. The minimum atomic E-state index is -0.708. The summed E-state index contributed by atoms with van der Waals surface area (Å²) in [5.74, 6) is 0. The van der Waals surface area contributed by atoms with Crippen molar-refractivity contribution in [1.82, 2.24) is 9.55 Å². The lowest BCUT2D eigenvalue weighted by molar-refractivity contribution is 0.211. The summed E-state index contributed by atoms with van der Waals surface area (Å²) in [5.41, 5.74) is 2.06. The zero-order valence-corrected chi connectivity index (χ0v) is 8.83. The highest BCUT2D eigenvalue weighted by molar-refractivity contribution is 5.34. The minimum Gasteiger partial charge on any atom is -0.382 e. The fourth-order valence-corrected chi connectivity index (χ4v) is 1.54. The van der Waals surface area contributed by atoms with E-state index in [0.717, 1.165) is 11.3 Å². The number of aryl methyl sites for hydroxylation is 1. The number of rotatable bonds is 2. The van der Waals surface area contributed by atoms with Gasteiger partial charge in [0.1, 0.15) is 6.10 Å². The van der Waals surface area contributed by atoms with Gasteiger partial charge in [0.2, 0.25) is 0 Å². The molecule has 0 saturated heterocycles. The summed E-state index contributed by atoms with van der Waals surface area (Å²) in [4.78, 5) is 3.95. The number of nitrogens with zero attached hydrogens (tertiary/aromatic N) is 3. The number of hydrogen-bond acceptors (Lipinski definition) is 3. The molecule has 16 heavy (non-hydrogen) atoms. The highest BCUT2D eigenvalue weighted by atomic mass is 16.3. The molecular formula is C12H11N3O. The molecule has 2 rings (SSSR count). The largest absolute Gasteiger partial charge is 0.382 e. The Bertz CT molecular complexity index is 522. The predicted octanol–water partition coefficient (Wildman–Crippen LogP) is 1.37. The van der Waals surface area contributed by atoms with Gasteiger partial charge < -0.3 is 9.67 Å². The van der Waals surface area contributed by atoms with Crippen molar-refractivity contribution in [2.75, 3.05) is 0 Å². The lowest BCUT2D eigenvalue weighted by Gasteiger charge is -2.11. The number of hydrogen-bond donors (Lipinski definition) is 1. The van der Waals surface area contributed by atoms with Gasteiger partial charge in [0.25, 0.3) is 0 Å². The van der Waals surface area contributed by atoms with E-state index >= 15 is 0 Å². The normalized spacial score (nSPS) is 12.1. The smallest absolute Gasteiger partial charge is 0.121 e. The first-order chi connectivity index (χ1) is 7.72. The van der Waals surface area contributed by atoms with Gasteiger partial charge in [-0.3, -0.25) is 0 Å². The molecule has 1 atom stereocenters. The Balaban J connectivity index is 2.31. The number of aliphatic hydroxyl groups excluding tert-OH is 1. The zero-order valence-electron chi connectivity index (χ0n) is 8.83. The monoisotopic (exact) mass is 213 g/mol. The van der Waals surface area contributed by atoms with Crippen molar-refractivity contribution in [3.63, 3.8) is 0 Å². The molecule has 80 valence electrons. The van der Waals surface area contributed by atoms with Crippen molar-refractivity contribution >= 4 is 0 Å². The standard InChI is InChI=1S/C12H11N3O/c1-15-8-14-7-11(15)12(16)10-4-2-9(6-13)3-5-10/h2-5,7-8,12,16H,1H3/t12-/m1/s1. The fraction of sp³-hybridized carbons (Fsp3) is 0.167. The minimum absolute atomic E-state index is 0.584. The molecular weight excluding hydrogens is 202 g/mol. The number of benzene rings is 1. The second kappa shape index (κ2) is 4.17. The van der Waals surface area contributed by atoms with E-state index in [1.165, 1.54) is 0 Å². The summed E-state index contributed by atoms with van der Waals surface area (Å²) in [6, 6.07) is 8.91. The van der Waals surface area contributed by atoms with Gasteiger partial charge in [0.15, 0.2) is 0 Å². The Hall–Kier alpha value is -2.12. The van der Waals surface area contributed by atoms with E-state index in [1.807, 2.05) is 13.1 Å².